The van der Waals surface area contributed by atoms with E-state index in [1.165, 1.54) is 88.2 Å². The van der Waals surface area contributed by atoms with Gasteiger partial charge in [0.1, 0.15) is 0 Å². The van der Waals surface area contributed by atoms with Crippen LogP contribution in [0.15, 0.2) is 48.5 Å². The quantitative estimate of drug-likeness (QED) is 0.195. The standard InChI is InChI=1S/C30H44N2O2/c1-3-5-7-9-11-13-15-25-17-21-27(22-18-25)31-29(33)30(34)32-28-23-19-26(20-24-28)16-14-12-10-8-6-4-2/h17-24H,3-16H2,1-2H3,(H,31,33)(H,32,34). The lowest BCUT2D eigenvalue weighted by molar-refractivity contribution is -0.132. The van der Waals surface area contributed by atoms with Crippen molar-refractivity contribution in [2.45, 2.75) is 104 Å². The number of nitrogens with one attached hydrogen (secondary N) is 2. The van der Waals surface area contributed by atoms with Crippen molar-refractivity contribution in [1.29, 1.82) is 0 Å². The van der Waals surface area contributed by atoms with Gasteiger partial charge in [-0.3, -0.25) is 9.59 Å². The van der Waals surface area contributed by atoms with Gasteiger partial charge < -0.3 is 10.6 Å². The summed E-state index contributed by atoms with van der Waals surface area (Å²) in [6, 6.07) is 15.6. The lowest BCUT2D eigenvalue weighted by Crippen LogP contribution is -2.29. The van der Waals surface area contributed by atoms with Crippen molar-refractivity contribution in [2.75, 3.05) is 10.6 Å². The summed E-state index contributed by atoms with van der Waals surface area (Å²) in [6.07, 6.45) is 17.5. The molecule has 0 aliphatic carbocycles. The molecule has 0 unspecified atom stereocenters. The van der Waals surface area contributed by atoms with Crippen LogP contribution in [0.4, 0.5) is 11.4 Å². The minimum Gasteiger partial charge on any atom is -0.318 e. The van der Waals surface area contributed by atoms with Crippen molar-refractivity contribution >= 4 is 23.2 Å². The summed E-state index contributed by atoms with van der Waals surface area (Å²) in [5, 5.41) is 5.38. The average Bonchev–Trinajstić information content (AvgIpc) is 2.85. The lowest BCUT2D eigenvalue weighted by Gasteiger charge is -2.08. The van der Waals surface area contributed by atoms with Crippen molar-refractivity contribution in [2.24, 2.45) is 0 Å². The zero-order valence-corrected chi connectivity index (χ0v) is 21.3. The van der Waals surface area contributed by atoms with Gasteiger partial charge in [0.2, 0.25) is 0 Å². The van der Waals surface area contributed by atoms with E-state index in [1.807, 2.05) is 48.5 Å². The molecule has 0 heterocycles. The fourth-order valence-corrected chi connectivity index (χ4v) is 4.10. The molecule has 2 amide bonds. The SMILES string of the molecule is CCCCCCCCc1ccc(NC(=O)C(=O)Nc2ccc(CCCCCCCC)cc2)cc1. The summed E-state index contributed by atoms with van der Waals surface area (Å²) in [5.74, 6) is -1.31. The monoisotopic (exact) mass is 464 g/mol. The molecule has 2 aromatic carbocycles. The number of rotatable bonds is 16. The van der Waals surface area contributed by atoms with Crippen LogP contribution in [0.3, 0.4) is 0 Å². The van der Waals surface area contributed by atoms with Gasteiger partial charge in [0.15, 0.2) is 0 Å². The van der Waals surface area contributed by atoms with Crippen LogP contribution in [0.5, 0.6) is 0 Å². The summed E-state index contributed by atoms with van der Waals surface area (Å²) < 4.78 is 0. The van der Waals surface area contributed by atoms with Crippen LogP contribution in [0.25, 0.3) is 0 Å². The zero-order chi connectivity index (χ0) is 24.4. The third-order valence-corrected chi connectivity index (χ3v) is 6.27. The van der Waals surface area contributed by atoms with E-state index >= 15 is 0 Å². The van der Waals surface area contributed by atoms with E-state index in [2.05, 4.69) is 24.5 Å². The fraction of sp³-hybridized carbons (Fsp3) is 0.533. The highest BCUT2D eigenvalue weighted by Crippen LogP contribution is 2.15. The molecule has 0 radical (unpaired) electrons. The Hall–Kier alpha value is -2.62. The highest BCUT2D eigenvalue weighted by molar-refractivity contribution is 6.43. The molecule has 0 saturated heterocycles. The Morgan fingerprint density at radius 2 is 0.824 bits per heavy atom. The lowest BCUT2D eigenvalue weighted by atomic mass is 10.0. The smallest absolute Gasteiger partial charge is 0.314 e. The van der Waals surface area contributed by atoms with Crippen LogP contribution in [-0.4, -0.2) is 11.8 Å². The predicted molar refractivity (Wildman–Crippen MR) is 144 cm³/mol. The van der Waals surface area contributed by atoms with Crippen LogP contribution in [0.2, 0.25) is 0 Å². The maximum absolute atomic E-state index is 12.3. The van der Waals surface area contributed by atoms with Gasteiger partial charge >= 0.3 is 11.8 Å². The molecule has 0 aromatic heterocycles. The Labute approximate surface area is 206 Å². The van der Waals surface area contributed by atoms with Crippen LogP contribution < -0.4 is 10.6 Å². The first kappa shape index (κ1) is 27.6. The molecular weight excluding hydrogens is 420 g/mol. The molecule has 0 saturated carbocycles. The third-order valence-electron chi connectivity index (χ3n) is 6.27. The highest BCUT2D eigenvalue weighted by Gasteiger charge is 2.14. The van der Waals surface area contributed by atoms with Crippen molar-refractivity contribution in [1.82, 2.24) is 0 Å². The third kappa shape index (κ3) is 11.5. The fourth-order valence-electron chi connectivity index (χ4n) is 4.10. The zero-order valence-electron chi connectivity index (χ0n) is 21.3. The number of unbranched alkanes of at least 4 members (excludes halogenated alkanes) is 10. The Morgan fingerprint density at radius 3 is 1.18 bits per heavy atom. The average molecular weight is 465 g/mol. The molecule has 34 heavy (non-hydrogen) atoms. The number of anilines is 2. The topological polar surface area (TPSA) is 58.2 Å². The van der Waals surface area contributed by atoms with E-state index < -0.39 is 11.8 Å². The van der Waals surface area contributed by atoms with Crippen molar-refractivity contribution in [3.05, 3.63) is 59.7 Å². The largest absolute Gasteiger partial charge is 0.318 e. The summed E-state index contributed by atoms with van der Waals surface area (Å²) in [6.45, 7) is 4.47. The molecule has 2 N–H and O–H groups in total. The first-order chi connectivity index (χ1) is 16.6. The molecule has 4 nitrogen and oxygen atoms in total. The summed E-state index contributed by atoms with van der Waals surface area (Å²) in [7, 11) is 0. The minimum atomic E-state index is -0.653. The molecule has 0 atom stereocenters. The molecule has 2 aromatic rings. The second-order valence-electron chi connectivity index (χ2n) is 9.34. The molecular formula is C30H44N2O2. The van der Waals surface area contributed by atoms with Gasteiger partial charge in [-0.15, -0.1) is 0 Å². The van der Waals surface area contributed by atoms with E-state index in [4.69, 9.17) is 0 Å². The molecule has 0 bridgehead atoms. The second-order valence-corrected chi connectivity index (χ2v) is 9.34. The van der Waals surface area contributed by atoms with E-state index in [0.717, 1.165) is 12.8 Å². The van der Waals surface area contributed by atoms with Crippen LogP contribution in [-0.2, 0) is 22.4 Å². The number of aryl methyl sites for hydroxylation is 2. The number of carbonyl (C=O) groups excluding carboxylic acids is 2. The molecule has 186 valence electrons. The Kier molecular flexibility index (Phi) is 13.7. The van der Waals surface area contributed by atoms with Gasteiger partial charge in [-0.2, -0.15) is 0 Å². The molecule has 0 spiro atoms. The maximum Gasteiger partial charge on any atom is 0.314 e. The van der Waals surface area contributed by atoms with E-state index in [1.54, 1.807) is 0 Å². The Bertz CT molecular complexity index is 756. The van der Waals surface area contributed by atoms with E-state index in [0.29, 0.717) is 11.4 Å². The molecule has 2 rings (SSSR count). The summed E-state index contributed by atoms with van der Waals surface area (Å²) >= 11 is 0. The minimum absolute atomic E-state index is 0.640. The van der Waals surface area contributed by atoms with Crippen LogP contribution >= 0.6 is 0 Å². The van der Waals surface area contributed by atoms with Crippen LogP contribution in [0.1, 0.15) is 102 Å². The molecule has 0 aliphatic heterocycles. The van der Waals surface area contributed by atoms with Crippen molar-refractivity contribution in [3.8, 4) is 0 Å². The number of carbonyl (C=O) groups is 2. The number of amides is 2. The first-order valence-corrected chi connectivity index (χ1v) is 13.4. The molecule has 0 fully saturated rings. The van der Waals surface area contributed by atoms with E-state index in [9.17, 15) is 9.59 Å². The summed E-state index contributed by atoms with van der Waals surface area (Å²) in [4.78, 5) is 24.6. The molecule has 4 heteroatoms. The summed E-state index contributed by atoms with van der Waals surface area (Å²) in [5.41, 5.74) is 3.81. The van der Waals surface area contributed by atoms with Gasteiger partial charge in [-0.25, -0.2) is 0 Å². The number of hydrogen-bond acceptors (Lipinski definition) is 2. The predicted octanol–water partition coefficient (Wildman–Crippen LogP) is 8.07. The Balaban J connectivity index is 1.68. The molecule has 0 aliphatic rings. The highest BCUT2D eigenvalue weighted by atomic mass is 16.2. The van der Waals surface area contributed by atoms with Crippen molar-refractivity contribution < 1.29 is 9.59 Å². The second kappa shape index (κ2) is 16.9. The van der Waals surface area contributed by atoms with Crippen LogP contribution in [0, 0.1) is 0 Å². The number of hydrogen-bond donors (Lipinski definition) is 2. The Morgan fingerprint density at radius 1 is 0.500 bits per heavy atom. The van der Waals surface area contributed by atoms with Gasteiger partial charge in [0.05, 0.1) is 0 Å². The van der Waals surface area contributed by atoms with Gasteiger partial charge in [-0.05, 0) is 61.1 Å². The van der Waals surface area contributed by atoms with E-state index in [-0.39, 0.29) is 0 Å². The van der Waals surface area contributed by atoms with Crippen molar-refractivity contribution in [3.63, 3.8) is 0 Å². The van der Waals surface area contributed by atoms with Gasteiger partial charge in [0.25, 0.3) is 0 Å². The normalized spacial score (nSPS) is 10.8. The maximum atomic E-state index is 12.3. The van der Waals surface area contributed by atoms with Gasteiger partial charge in [0, 0.05) is 11.4 Å². The number of benzene rings is 2. The van der Waals surface area contributed by atoms with Gasteiger partial charge in [-0.1, -0.05) is 102 Å². The first-order valence-electron chi connectivity index (χ1n) is 13.4.